The van der Waals surface area contributed by atoms with Crippen molar-refractivity contribution in [2.75, 3.05) is 18.0 Å². The highest BCUT2D eigenvalue weighted by molar-refractivity contribution is 8.00. The minimum absolute atomic E-state index is 0.119. The summed E-state index contributed by atoms with van der Waals surface area (Å²) in [6.45, 7) is 0.848. The van der Waals surface area contributed by atoms with Crippen LogP contribution in [0.3, 0.4) is 0 Å². The van der Waals surface area contributed by atoms with Crippen molar-refractivity contribution in [3.63, 3.8) is 0 Å². The molecule has 3 nitrogen and oxygen atoms in total. The van der Waals surface area contributed by atoms with E-state index in [4.69, 9.17) is 5.73 Å². The van der Waals surface area contributed by atoms with E-state index < -0.39 is 0 Å². The minimum atomic E-state index is 0.119. The highest BCUT2D eigenvalue weighted by Crippen LogP contribution is 2.27. The SMILES string of the molecule is Nc1ccc(SCC(=O)NCC2CC2)cc1. The van der Waals surface area contributed by atoms with Crippen molar-refractivity contribution in [3.8, 4) is 0 Å². The van der Waals surface area contributed by atoms with Crippen LogP contribution in [0, 0.1) is 5.92 Å². The molecule has 0 aromatic heterocycles. The molecule has 0 atom stereocenters. The number of nitrogens with one attached hydrogen (secondary N) is 1. The first-order valence-corrected chi connectivity index (χ1v) is 6.47. The van der Waals surface area contributed by atoms with Crippen molar-refractivity contribution in [2.45, 2.75) is 17.7 Å². The summed E-state index contributed by atoms with van der Waals surface area (Å²) in [4.78, 5) is 12.5. The molecular formula is C12H16N2OS. The number of amides is 1. The maximum Gasteiger partial charge on any atom is 0.230 e. The Kier molecular flexibility index (Phi) is 3.72. The normalized spacial score (nSPS) is 14.8. The molecule has 0 unspecified atom stereocenters. The number of rotatable bonds is 5. The van der Waals surface area contributed by atoms with Gasteiger partial charge in [-0.3, -0.25) is 4.79 Å². The van der Waals surface area contributed by atoms with Gasteiger partial charge >= 0.3 is 0 Å². The number of carbonyl (C=O) groups excluding carboxylic acids is 1. The van der Waals surface area contributed by atoms with E-state index in [1.165, 1.54) is 12.8 Å². The first-order chi connectivity index (χ1) is 7.74. The predicted molar refractivity (Wildman–Crippen MR) is 67.3 cm³/mol. The fourth-order valence-corrected chi connectivity index (χ4v) is 2.07. The Balaban J connectivity index is 1.69. The zero-order chi connectivity index (χ0) is 11.4. The molecule has 0 spiro atoms. The van der Waals surface area contributed by atoms with Crippen LogP contribution in [-0.4, -0.2) is 18.2 Å². The third-order valence-corrected chi connectivity index (χ3v) is 3.55. The maximum absolute atomic E-state index is 11.5. The molecule has 1 aliphatic carbocycles. The topological polar surface area (TPSA) is 55.1 Å². The molecule has 0 radical (unpaired) electrons. The Morgan fingerprint density at radius 3 is 2.69 bits per heavy atom. The van der Waals surface area contributed by atoms with Gasteiger partial charge in [0.15, 0.2) is 0 Å². The van der Waals surface area contributed by atoms with Crippen molar-refractivity contribution in [2.24, 2.45) is 5.92 Å². The van der Waals surface area contributed by atoms with Crippen LogP contribution in [0.15, 0.2) is 29.2 Å². The number of anilines is 1. The largest absolute Gasteiger partial charge is 0.399 e. The van der Waals surface area contributed by atoms with E-state index in [1.54, 1.807) is 11.8 Å². The van der Waals surface area contributed by atoms with Crippen LogP contribution in [0.1, 0.15) is 12.8 Å². The Hall–Kier alpha value is -1.16. The lowest BCUT2D eigenvalue weighted by molar-refractivity contribution is -0.118. The van der Waals surface area contributed by atoms with Crippen molar-refractivity contribution in [3.05, 3.63) is 24.3 Å². The van der Waals surface area contributed by atoms with Gasteiger partial charge in [-0.15, -0.1) is 11.8 Å². The minimum Gasteiger partial charge on any atom is -0.399 e. The summed E-state index contributed by atoms with van der Waals surface area (Å²) in [5, 5.41) is 2.94. The molecule has 0 aliphatic heterocycles. The Labute approximate surface area is 99.8 Å². The zero-order valence-corrected chi connectivity index (χ0v) is 9.93. The Morgan fingerprint density at radius 2 is 2.06 bits per heavy atom. The van der Waals surface area contributed by atoms with Crippen molar-refractivity contribution < 1.29 is 4.79 Å². The van der Waals surface area contributed by atoms with Gasteiger partial charge in [0, 0.05) is 17.1 Å². The molecule has 1 aliphatic rings. The van der Waals surface area contributed by atoms with E-state index in [9.17, 15) is 4.79 Å². The molecule has 1 saturated carbocycles. The average molecular weight is 236 g/mol. The lowest BCUT2D eigenvalue weighted by Gasteiger charge is -2.04. The van der Waals surface area contributed by atoms with Gasteiger partial charge in [-0.2, -0.15) is 0 Å². The van der Waals surface area contributed by atoms with Gasteiger partial charge in [-0.25, -0.2) is 0 Å². The van der Waals surface area contributed by atoms with Crippen LogP contribution in [0.4, 0.5) is 5.69 Å². The highest BCUT2D eigenvalue weighted by atomic mass is 32.2. The van der Waals surface area contributed by atoms with E-state index >= 15 is 0 Å². The van der Waals surface area contributed by atoms with Gasteiger partial charge in [-0.05, 0) is 43.0 Å². The third-order valence-electron chi connectivity index (χ3n) is 2.53. The van der Waals surface area contributed by atoms with Crippen LogP contribution in [0.5, 0.6) is 0 Å². The molecule has 0 heterocycles. The Morgan fingerprint density at radius 1 is 1.38 bits per heavy atom. The lowest BCUT2D eigenvalue weighted by atomic mass is 10.3. The third kappa shape index (κ3) is 3.77. The summed E-state index contributed by atoms with van der Waals surface area (Å²) in [6.07, 6.45) is 2.54. The summed E-state index contributed by atoms with van der Waals surface area (Å²) in [5.41, 5.74) is 6.33. The van der Waals surface area contributed by atoms with Crippen molar-refractivity contribution in [1.82, 2.24) is 5.32 Å². The van der Waals surface area contributed by atoms with Gasteiger partial charge in [0.25, 0.3) is 0 Å². The summed E-state index contributed by atoms with van der Waals surface area (Å²) in [6, 6.07) is 7.58. The molecule has 0 saturated heterocycles. The number of benzene rings is 1. The lowest BCUT2D eigenvalue weighted by Crippen LogP contribution is -2.27. The highest BCUT2D eigenvalue weighted by Gasteiger charge is 2.21. The van der Waals surface area contributed by atoms with Gasteiger partial charge in [0.2, 0.25) is 5.91 Å². The molecule has 1 aromatic carbocycles. The zero-order valence-electron chi connectivity index (χ0n) is 9.11. The standard InChI is InChI=1S/C12H16N2OS/c13-10-3-5-11(6-4-10)16-8-12(15)14-7-9-1-2-9/h3-6,9H,1-2,7-8,13H2,(H,14,15). The molecular weight excluding hydrogens is 220 g/mol. The van der Waals surface area contributed by atoms with Crippen LogP contribution < -0.4 is 11.1 Å². The summed E-state index contributed by atoms with van der Waals surface area (Å²) >= 11 is 1.54. The molecule has 2 rings (SSSR count). The average Bonchev–Trinajstić information content (AvgIpc) is 3.09. The van der Waals surface area contributed by atoms with Gasteiger partial charge in [-0.1, -0.05) is 0 Å². The monoisotopic (exact) mass is 236 g/mol. The predicted octanol–water partition coefficient (Wildman–Crippen LogP) is 1.89. The summed E-state index contributed by atoms with van der Waals surface area (Å²) in [5.74, 6) is 1.34. The van der Waals surface area contributed by atoms with E-state index in [-0.39, 0.29) is 5.91 Å². The van der Waals surface area contributed by atoms with Crippen LogP contribution >= 0.6 is 11.8 Å². The number of nitrogen functional groups attached to an aromatic ring is 1. The quantitative estimate of drug-likeness (QED) is 0.606. The molecule has 0 bridgehead atoms. The van der Waals surface area contributed by atoms with Gasteiger partial charge < -0.3 is 11.1 Å². The van der Waals surface area contributed by atoms with Crippen LogP contribution in [0.2, 0.25) is 0 Å². The van der Waals surface area contributed by atoms with Crippen LogP contribution in [-0.2, 0) is 4.79 Å². The van der Waals surface area contributed by atoms with Crippen LogP contribution in [0.25, 0.3) is 0 Å². The number of hydrogen-bond donors (Lipinski definition) is 2. The van der Waals surface area contributed by atoms with E-state index in [1.807, 2.05) is 24.3 Å². The molecule has 86 valence electrons. The van der Waals surface area contributed by atoms with Gasteiger partial charge in [0.1, 0.15) is 0 Å². The number of carbonyl (C=O) groups is 1. The second-order valence-corrected chi connectivity index (χ2v) is 5.15. The first-order valence-electron chi connectivity index (χ1n) is 5.49. The number of thioether (sulfide) groups is 1. The molecule has 4 heteroatoms. The number of hydrogen-bond acceptors (Lipinski definition) is 3. The maximum atomic E-state index is 11.5. The smallest absolute Gasteiger partial charge is 0.230 e. The van der Waals surface area contributed by atoms with Gasteiger partial charge in [0.05, 0.1) is 5.75 Å². The van der Waals surface area contributed by atoms with E-state index in [0.717, 1.165) is 23.0 Å². The molecule has 16 heavy (non-hydrogen) atoms. The molecule has 1 fully saturated rings. The molecule has 1 amide bonds. The second kappa shape index (κ2) is 5.25. The summed E-state index contributed by atoms with van der Waals surface area (Å²) < 4.78 is 0. The molecule has 3 N–H and O–H groups in total. The Bertz CT molecular complexity index is 360. The van der Waals surface area contributed by atoms with E-state index in [2.05, 4.69) is 5.32 Å². The fourth-order valence-electron chi connectivity index (χ4n) is 1.34. The first kappa shape index (κ1) is 11.3. The molecule has 1 aromatic rings. The number of nitrogens with two attached hydrogens (primary N) is 1. The summed E-state index contributed by atoms with van der Waals surface area (Å²) in [7, 11) is 0. The van der Waals surface area contributed by atoms with Crippen molar-refractivity contribution in [1.29, 1.82) is 0 Å². The van der Waals surface area contributed by atoms with Crippen molar-refractivity contribution >= 4 is 23.4 Å². The fraction of sp³-hybridized carbons (Fsp3) is 0.417. The van der Waals surface area contributed by atoms with E-state index in [0.29, 0.717) is 5.75 Å². The second-order valence-electron chi connectivity index (χ2n) is 4.11.